The molecule has 0 fully saturated rings. The molecule has 0 aromatic heterocycles. The van der Waals surface area contributed by atoms with Crippen molar-refractivity contribution in [2.24, 2.45) is 0 Å². The zero-order chi connectivity index (χ0) is 27.5. The molecule has 5 rings (SSSR count). The lowest BCUT2D eigenvalue weighted by Gasteiger charge is -2.37. The van der Waals surface area contributed by atoms with Crippen molar-refractivity contribution >= 4 is 27.7 Å². The molecule has 0 amide bonds. The van der Waals surface area contributed by atoms with E-state index in [-0.39, 0.29) is 29.8 Å². The fourth-order valence-electron chi connectivity index (χ4n) is 5.50. The minimum atomic E-state index is -0.666. The van der Waals surface area contributed by atoms with Gasteiger partial charge in [0.2, 0.25) is 0 Å². The second-order valence-corrected chi connectivity index (χ2v) is 10.7. The number of hydrogen-bond acceptors (Lipinski definition) is 6. The first kappa shape index (κ1) is 26.8. The Morgan fingerprint density at radius 3 is 2.41 bits per heavy atom. The van der Waals surface area contributed by atoms with Crippen molar-refractivity contribution in [1.29, 1.82) is 0 Å². The van der Waals surface area contributed by atoms with Crippen molar-refractivity contribution in [3.8, 4) is 11.5 Å². The van der Waals surface area contributed by atoms with E-state index in [0.29, 0.717) is 46.1 Å². The number of carbonyl (C=O) groups is 2. The molecule has 1 heterocycles. The number of carbonyl (C=O) groups excluding carboxylic acids is 2. The van der Waals surface area contributed by atoms with Crippen LogP contribution in [0.25, 0.3) is 0 Å². The summed E-state index contributed by atoms with van der Waals surface area (Å²) in [7, 11) is 1.47. The van der Waals surface area contributed by atoms with E-state index in [1.165, 1.54) is 7.11 Å². The van der Waals surface area contributed by atoms with Crippen LogP contribution in [0.4, 0.5) is 0 Å². The average Bonchev–Trinajstić information content (AvgIpc) is 2.94. The van der Waals surface area contributed by atoms with Crippen LogP contribution in [-0.2, 0) is 20.7 Å². The monoisotopic (exact) mass is 587 g/mol. The van der Waals surface area contributed by atoms with Crippen LogP contribution in [0.3, 0.4) is 0 Å². The Morgan fingerprint density at radius 2 is 1.72 bits per heavy atom. The number of dihydropyridines is 1. The number of phenolic OH excluding ortho intramolecular Hbond substituents is 1. The number of rotatable bonds is 7. The van der Waals surface area contributed by atoms with E-state index in [4.69, 9.17) is 9.47 Å². The highest BCUT2D eigenvalue weighted by Gasteiger charge is 2.42. The van der Waals surface area contributed by atoms with Gasteiger partial charge in [0.15, 0.2) is 17.3 Å². The highest BCUT2D eigenvalue weighted by molar-refractivity contribution is 9.10. The number of Topliss-reactive ketones (excluding diaryl/α,β-unsaturated/α-hetero) is 1. The molecule has 39 heavy (non-hydrogen) atoms. The number of halogens is 1. The third-order valence-electron chi connectivity index (χ3n) is 7.39. The molecule has 0 radical (unpaired) electrons. The van der Waals surface area contributed by atoms with Gasteiger partial charge in [0, 0.05) is 35.7 Å². The van der Waals surface area contributed by atoms with Gasteiger partial charge in [-0.3, -0.25) is 4.79 Å². The van der Waals surface area contributed by atoms with E-state index in [9.17, 15) is 14.7 Å². The lowest BCUT2D eigenvalue weighted by Crippen LogP contribution is -2.36. The molecule has 1 aliphatic carbocycles. The lowest BCUT2D eigenvalue weighted by molar-refractivity contribution is -0.139. The number of esters is 1. The Bertz CT molecular complexity index is 1460. The molecule has 0 saturated carbocycles. The predicted octanol–water partition coefficient (Wildman–Crippen LogP) is 6.31. The van der Waals surface area contributed by atoms with Crippen molar-refractivity contribution in [3.63, 3.8) is 0 Å². The summed E-state index contributed by atoms with van der Waals surface area (Å²) in [5, 5.41) is 13.8. The summed E-state index contributed by atoms with van der Waals surface area (Å²) < 4.78 is 11.6. The Morgan fingerprint density at radius 1 is 1.03 bits per heavy atom. The maximum absolute atomic E-state index is 13.8. The quantitative estimate of drug-likeness (QED) is 0.315. The minimum Gasteiger partial charge on any atom is -0.503 e. The van der Waals surface area contributed by atoms with Crippen LogP contribution in [0, 0.1) is 0 Å². The topological polar surface area (TPSA) is 84.9 Å². The van der Waals surface area contributed by atoms with Gasteiger partial charge in [0.25, 0.3) is 0 Å². The largest absolute Gasteiger partial charge is 0.503 e. The van der Waals surface area contributed by atoms with Crippen molar-refractivity contribution < 1.29 is 24.2 Å². The number of nitrogens with one attached hydrogen (secondary N) is 1. The average molecular weight is 588 g/mol. The summed E-state index contributed by atoms with van der Waals surface area (Å²) in [4.78, 5) is 27.4. The molecule has 6 nitrogen and oxygen atoms in total. The van der Waals surface area contributed by atoms with Gasteiger partial charge in [-0.15, -0.1) is 0 Å². The first-order chi connectivity index (χ1) is 18.9. The van der Waals surface area contributed by atoms with Gasteiger partial charge >= 0.3 is 5.97 Å². The number of ketones is 1. The summed E-state index contributed by atoms with van der Waals surface area (Å²) in [5.41, 5.74) is 5.24. The third kappa shape index (κ3) is 5.50. The SMILES string of the molecule is COc1cc([C@H]2C(C(=O)OCCc3ccccc3)=C(C)NC3=C2C(=O)C[C@@H](c2ccccc2)C3)cc(Br)c1O. The zero-order valence-electron chi connectivity index (χ0n) is 21.9. The molecular weight excluding hydrogens is 558 g/mol. The molecule has 1 aliphatic heterocycles. The number of allylic oxidation sites excluding steroid dienone is 3. The van der Waals surface area contributed by atoms with Gasteiger partial charge in [-0.25, -0.2) is 4.79 Å². The molecule has 0 saturated heterocycles. The van der Waals surface area contributed by atoms with Crippen LogP contribution in [0.5, 0.6) is 11.5 Å². The second-order valence-electron chi connectivity index (χ2n) is 9.85. The summed E-state index contributed by atoms with van der Waals surface area (Å²) in [6, 6.07) is 23.3. The summed E-state index contributed by atoms with van der Waals surface area (Å²) in [6.45, 7) is 2.05. The van der Waals surface area contributed by atoms with E-state index in [0.717, 1.165) is 16.8 Å². The molecule has 200 valence electrons. The number of hydrogen-bond donors (Lipinski definition) is 2. The van der Waals surface area contributed by atoms with Crippen LogP contribution in [0.15, 0.2) is 99.8 Å². The van der Waals surface area contributed by atoms with E-state index in [2.05, 4.69) is 21.2 Å². The number of benzene rings is 3. The maximum atomic E-state index is 13.8. The van der Waals surface area contributed by atoms with Gasteiger partial charge in [0.05, 0.1) is 23.8 Å². The molecule has 0 spiro atoms. The van der Waals surface area contributed by atoms with Gasteiger partial charge in [-0.05, 0) is 64.0 Å². The highest BCUT2D eigenvalue weighted by Crippen LogP contribution is 2.48. The van der Waals surface area contributed by atoms with Crippen LogP contribution in [0.1, 0.15) is 48.3 Å². The summed E-state index contributed by atoms with van der Waals surface area (Å²) in [5.74, 6) is -0.919. The molecule has 3 aromatic carbocycles. The summed E-state index contributed by atoms with van der Waals surface area (Å²) >= 11 is 3.41. The van der Waals surface area contributed by atoms with Crippen LogP contribution >= 0.6 is 15.9 Å². The normalized spacial score (nSPS) is 18.9. The molecule has 0 unspecified atom stereocenters. The van der Waals surface area contributed by atoms with Gasteiger partial charge in [0.1, 0.15) is 0 Å². The Labute approximate surface area is 236 Å². The summed E-state index contributed by atoms with van der Waals surface area (Å²) in [6.07, 6.45) is 1.57. The number of ether oxygens (including phenoxy) is 2. The minimum absolute atomic E-state index is 0.0205. The van der Waals surface area contributed by atoms with Gasteiger partial charge < -0.3 is 19.9 Å². The Balaban J connectivity index is 1.52. The smallest absolute Gasteiger partial charge is 0.336 e. The number of methoxy groups -OCH3 is 1. The first-order valence-corrected chi connectivity index (χ1v) is 13.7. The fraction of sp³-hybridized carbons (Fsp3) is 0.250. The number of phenols is 1. The number of aromatic hydroxyl groups is 1. The van der Waals surface area contributed by atoms with Crippen molar-refractivity contribution in [1.82, 2.24) is 5.32 Å². The van der Waals surface area contributed by atoms with Crippen molar-refractivity contribution in [3.05, 3.63) is 116 Å². The van der Waals surface area contributed by atoms with E-state index < -0.39 is 11.9 Å². The van der Waals surface area contributed by atoms with Crippen LogP contribution in [-0.4, -0.2) is 30.6 Å². The van der Waals surface area contributed by atoms with Crippen LogP contribution in [0.2, 0.25) is 0 Å². The van der Waals surface area contributed by atoms with Crippen molar-refractivity contribution in [2.75, 3.05) is 13.7 Å². The molecule has 2 atom stereocenters. The van der Waals surface area contributed by atoms with Crippen molar-refractivity contribution in [2.45, 2.75) is 38.0 Å². The molecule has 2 aliphatic rings. The standard InChI is InChI=1S/C32H30BrNO5/c1-19-28(32(37)39-14-13-20-9-5-3-6-10-20)29(23-15-24(33)31(36)27(18-23)38-2)30-25(34-19)16-22(17-26(30)35)21-11-7-4-8-12-21/h3-12,15,18,22,29,34,36H,13-14,16-17H2,1-2H3/t22-,29-/m0/s1. The Kier molecular flexibility index (Phi) is 7.89. The molecule has 3 aromatic rings. The lowest BCUT2D eigenvalue weighted by atomic mass is 9.71. The zero-order valence-corrected chi connectivity index (χ0v) is 23.5. The predicted molar refractivity (Wildman–Crippen MR) is 152 cm³/mol. The van der Waals surface area contributed by atoms with Crippen LogP contribution < -0.4 is 10.1 Å². The second kappa shape index (κ2) is 11.5. The first-order valence-electron chi connectivity index (χ1n) is 12.9. The Hall–Kier alpha value is -3.84. The maximum Gasteiger partial charge on any atom is 0.336 e. The molecule has 0 bridgehead atoms. The molecule has 2 N–H and O–H groups in total. The molecular formula is C32H30BrNO5. The van der Waals surface area contributed by atoms with E-state index in [1.54, 1.807) is 12.1 Å². The molecule has 7 heteroatoms. The van der Waals surface area contributed by atoms with E-state index in [1.807, 2.05) is 67.6 Å². The van der Waals surface area contributed by atoms with E-state index >= 15 is 0 Å². The van der Waals surface area contributed by atoms with Gasteiger partial charge in [-0.1, -0.05) is 60.7 Å². The van der Waals surface area contributed by atoms with Gasteiger partial charge in [-0.2, -0.15) is 0 Å². The highest BCUT2D eigenvalue weighted by atomic mass is 79.9. The fourth-order valence-corrected chi connectivity index (χ4v) is 5.96. The third-order valence-corrected chi connectivity index (χ3v) is 7.99.